The van der Waals surface area contributed by atoms with E-state index in [4.69, 9.17) is 4.74 Å². The van der Waals surface area contributed by atoms with Crippen LogP contribution in [-0.4, -0.2) is 21.1 Å². The molecule has 0 radical (unpaired) electrons. The van der Waals surface area contributed by atoms with E-state index in [-0.39, 0.29) is 11.4 Å². The van der Waals surface area contributed by atoms with E-state index in [1.807, 2.05) is 30.3 Å². The Hall–Kier alpha value is -4.26. The fourth-order valence-electron chi connectivity index (χ4n) is 4.24. The molecule has 0 saturated heterocycles. The van der Waals surface area contributed by atoms with E-state index < -0.39 is 11.6 Å². The van der Waals surface area contributed by atoms with E-state index in [0.29, 0.717) is 41.8 Å². The summed E-state index contributed by atoms with van der Waals surface area (Å²) in [7, 11) is 0. The Morgan fingerprint density at radius 3 is 2.71 bits per heavy atom. The van der Waals surface area contributed by atoms with Crippen molar-refractivity contribution in [1.82, 2.24) is 14.8 Å². The Morgan fingerprint density at radius 1 is 1.03 bits per heavy atom. The van der Waals surface area contributed by atoms with Crippen molar-refractivity contribution in [2.24, 2.45) is 0 Å². The summed E-state index contributed by atoms with van der Waals surface area (Å²) in [5.41, 5.74) is 4.10. The summed E-state index contributed by atoms with van der Waals surface area (Å²) in [4.78, 5) is 13.6. The van der Waals surface area contributed by atoms with Crippen LogP contribution in [0.1, 0.15) is 23.1 Å². The molecule has 0 fully saturated rings. The number of hydrogen-bond acceptors (Lipinski definition) is 3. The predicted octanol–water partition coefficient (Wildman–Crippen LogP) is 6.59. The first-order chi connectivity index (χ1) is 17.0. The lowest BCUT2D eigenvalue weighted by atomic mass is 10.1. The zero-order valence-corrected chi connectivity index (χ0v) is 19.1. The van der Waals surface area contributed by atoms with E-state index in [1.54, 1.807) is 42.1 Å². The van der Waals surface area contributed by atoms with Gasteiger partial charge in [0.1, 0.15) is 17.7 Å². The number of aromatic nitrogens is 3. The summed E-state index contributed by atoms with van der Waals surface area (Å²) >= 11 is 0. The normalized spacial score (nSPS) is 11.2. The van der Waals surface area contributed by atoms with Gasteiger partial charge in [-0.2, -0.15) is 5.10 Å². The molecule has 2 aromatic heterocycles. The number of aryl methyl sites for hydroxylation is 2. The van der Waals surface area contributed by atoms with Crippen molar-refractivity contribution in [3.8, 4) is 22.8 Å². The molecule has 35 heavy (non-hydrogen) atoms. The zero-order valence-electron chi connectivity index (χ0n) is 19.1. The van der Waals surface area contributed by atoms with Gasteiger partial charge in [-0.15, -0.1) is 0 Å². The molecule has 0 atom stereocenters. The largest absolute Gasteiger partial charge is 0.454 e. The van der Waals surface area contributed by atoms with Gasteiger partial charge in [0.2, 0.25) is 0 Å². The Morgan fingerprint density at radius 2 is 1.86 bits per heavy atom. The molecule has 0 bridgehead atoms. The number of nitrogens with one attached hydrogen (secondary N) is 1. The molecule has 0 aliphatic rings. The van der Waals surface area contributed by atoms with Crippen molar-refractivity contribution in [1.29, 1.82) is 0 Å². The van der Waals surface area contributed by atoms with Crippen LogP contribution in [0.5, 0.6) is 11.5 Å². The molecular weight excluding hydrogens is 448 g/mol. The van der Waals surface area contributed by atoms with Crippen LogP contribution in [0.4, 0.5) is 8.78 Å². The van der Waals surface area contributed by atoms with Crippen LogP contribution in [0, 0.1) is 18.6 Å². The summed E-state index contributed by atoms with van der Waals surface area (Å²) in [5.74, 6) is -0.421. The van der Waals surface area contributed by atoms with E-state index in [2.05, 4.69) is 10.1 Å². The second-order valence-corrected chi connectivity index (χ2v) is 8.43. The summed E-state index contributed by atoms with van der Waals surface area (Å²) in [6.45, 7) is 2.19. The number of ether oxygens (including phenoxy) is 1. The lowest BCUT2D eigenvalue weighted by Gasteiger charge is -2.11. The molecule has 0 unspecified atom stereocenters. The summed E-state index contributed by atoms with van der Waals surface area (Å²) in [5, 5.41) is 5.31. The quantitative estimate of drug-likeness (QED) is 0.260. The first-order valence-electron chi connectivity index (χ1n) is 11.3. The SMILES string of the molecule is Cc1c(Oc2cccc(-c3nn(Cc4cccc(CCC=O)c4)cc3F)c2)c(F)cc2[nH]ccc12. The van der Waals surface area contributed by atoms with Gasteiger partial charge < -0.3 is 14.5 Å². The number of fused-ring (bicyclic) bond motifs is 1. The molecule has 0 aliphatic heterocycles. The molecule has 5 rings (SSSR count). The smallest absolute Gasteiger partial charge is 0.169 e. The first-order valence-corrected chi connectivity index (χ1v) is 11.3. The fourth-order valence-corrected chi connectivity index (χ4v) is 4.24. The van der Waals surface area contributed by atoms with Crippen molar-refractivity contribution in [2.45, 2.75) is 26.3 Å². The molecule has 0 spiro atoms. The average Bonchev–Trinajstić information content (AvgIpc) is 3.47. The van der Waals surface area contributed by atoms with Crippen LogP contribution in [-0.2, 0) is 17.8 Å². The number of halogens is 2. The van der Waals surface area contributed by atoms with Gasteiger partial charge in [-0.1, -0.05) is 36.4 Å². The maximum atomic E-state index is 14.8. The minimum Gasteiger partial charge on any atom is -0.454 e. The molecule has 1 N–H and O–H groups in total. The molecule has 0 aliphatic carbocycles. The van der Waals surface area contributed by atoms with Gasteiger partial charge in [0, 0.05) is 40.7 Å². The molecule has 0 amide bonds. The number of rotatable bonds is 8. The third-order valence-electron chi connectivity index (χ3n) is 5.94. The maximum Gasteiger partial charge on any atom is 0.169 e. The van der Waals surface area contributed by atoms with Crippen LogP contribution < -0.4 is 4.74 Å². The van der Waals surface area contributed by atoms with Crippen molar-refractivity contribution >= 4 is 17.2 Å². The number of hydrogen-bond donors (Lipinski definition) is 1. The second-order valence-electron chi connectivity index (χ2n) is 8.43. The topological polar surface area (TPSA) is 59.9 Å². The lowest BCUT2D eigenvalue weighted by molar-refractivity contribution is -0.107. The molecule has 3 aromatic carbocycles. The second kappa shape index (κ2) is 9.54. The van der Waals surface area contributed by atoms with E-state index in [9.17, 15) is 13.6 Å². The molecular formula is C28H23F2N3O2. The lowest BCUT2D eigenvalue weighted by Crippen LogP contribution is -2.01. The number of nitrogens with zero attached hydrogens (tertiary/aromatic N) is 2. The Bertz CT molecular complexity index is 1520. The van der Waals surface area contributed by atoms with E-state index >= 15 is 0 Å². The highest BCUT2D eigenvalue weighted by Gasteiger charge is 2.16. The van der Waals surface area contributed by atoms with Crippen LogP contribution in [0.3, 0.4) is 0 Å². The van der Waals surface area contributed by atoms with E-state index in [1.165, 1.54) is 12.3 Å². The van der Waals surface area contributed by atoms with Crippen molar-refractivity contribution < 1.29 is 18.3 Å². The highest BCUT2D eigenvalue weighted by Crippen LogP contribution is 2.35. The first kappa shape index (κ1) is 22.5. The summed E-state index contributed by atoms with van der Waals surface area (Å²) < 4.78 is 37.0. The van der Waals surface area contributed by atoms with Crippen LogP contribution in [0.25, 0.3) is 22.2 Å². The zero-order chi connectivity index (χ0) is 24.4. The number of H-pyrrole nitrogens is 1. The van der Waals surface area contributed by atoms with E-state index in [0.717, 1.165) is 22.8 Å². The Kier molecular flexibility index (Phi) is 6.14. The Labute approximate surface area is 201 Å². The molecule has 0 saturated carbocycles. The number of benzene rings is 3. The van der Waals surface area contributed by atoms with Crippen molar-refractivity contribution in [2.75, 3.05) is 0 Å². The number of carbonyl (C=O) groups excluding carboxylic acids is 1. The molecule has 5 aromatic rings. The molecule has 176 valence electrons. The van der Waals surface area contributed by atoms with Gasteiger partial charge in [-0.05, 0) is 42.7 Å². The summed E-state index contributed by atoms with van der Waals surface area (Å²) in [6, 6.07) is 17.9. The summed E-state index contributed by atoms with van der Waals surface area (Å²) in [6.07, 6.45) is 5.13. The highest BCUT2D eigenvalue weighted by molar-refractivity contribution is 5.85. The van der Waals surface area contributed by atoms with Crippen LogP contribution in [0.15, 0.2) is 73.1 Å². The van der Waals surface area contributed by atoms with Gasteiger partial charge >= 0.3 is 0 Å². The third kappa shape index (κ3) is 4.71. The predicted molar refractivity (Wildman–Crippen MR) is 131 cm³/mol. The van der Waals surface area contributed by atoms with Crippen LogP contribution in [0.2, 0.25) is 0 Å². The van der Waals surface area contributed by atoms with Gasteiger partial charge in [-0.3, -0.25) is 4.68 Å². The monoisotopic (exact) mass is 471 g/mol. The molecule has 5 nitrogen and oxygen atoms in total. The van der Waals surface area contributed by atoms with Gasteiger partial charge in [0.25, 0.3) is 0 Å². The van der Waals surface area contributed by atoms with Crippen molar-refractivity contribution in [3.63, 3.8) is 0 Å². The van der Waals surface area contributed by atoms with Gasteiger partial charge in [-0.25, -0.2) is 8.78 Å². The number of carbonyl (C=O) groups is 1. The molecule has 7 heteroatoms. The number of aldehydes is 1. The van der Waals surface area contributed by atoms with Gasteiger partial charge in [0.15, 0.2) is 17.4 Å². The van der Waals surface area contributed by atoms with Gasteiger partial charge in [0.05, 0.1) is 12.7 Å². The highest BCUT2D eigenvalue weighted by atomic mass is 19.1. The van der Waals surface area contributed by atoms with Crippen LogP contribution >= 0.6 is 0 Å². The average molecular weight is 472 g/mol. The minimum atomic E-state index is -0.478. The fraction of sp³-hybridized carbons (Fsp3) is 0.143. The standard InChI is InChI=1S/C28H23F2N3O2/c1-18-23-10-11-31-26(23)15-24(29)28(18)35-22-9-3-8-21(14-22)27-25(30)17-33(32-27)16-20-6-2-5-19(13-20)7-4-12-34/h2-3,5-6,8-15,17,31H,4,7,16H2,1H3. The molecule has 2 heterocycles. The Balaban J connectivity index is 1.39. The number of aromatic amines is 1. The minimum absolute atomic E-state index is 0.134. The van der Waals surface area contributed by atoms with Crippen molar-refractivity contribution in [3.05, 3.63) is 101 Å². The maximum absolute atomic E-state index is 14.8. The third-order valence-corrected chi connectivity index (χ3v) is 5.94.